The lowest BCUT2D eigenvalue weighted by molar-refractivity contribution is -0.120. The number of amides is 1. The average Bonchev–Trinajstić information content (AvgIpc) is 3.18. The highest BCUT2D eigenvalue weighted by Gasteiger charge is 2.26. The molecule has 3 heterocycles. The first-order valence-corrected chi connectivity index (χ1v) is 14.3. The molecule has 2 fully saturated rings. The van der Waals surface area contributed by atoms with Gasteiger partial charge < -0.3 is 16.2 Å². The van der Waals surface area contributed by atoms with Crippen LogP contribution in [0.4, 0.5) is 4.39 Å². The van der Waals surface area contributed by atoms with E-state index in [2.05, 4.69) is 15.2 Å². The van der Waals surface area contributed by atoms with E-state index in [0.717, 1.165) is 29.0 Å². The van der Waals surface area contributed by atoms with Crippen molar-refractivity contribution in [3.05, 3.63) is 86.9 Å². The predicted octanol–water partition coefficient (Wildman–Crippen LogP) is 2.82. The lowest BCUT2D eigenvalue weighted by Gasteiger charge is -2.28. The average molecular weight is 573 g/mol. The summed E-state index contributed by atoms with van der Waals surface area (Å²) in [7, 11) is 0. The van der Waals surface area contributed by atoms with Gasteiger partial charge in [-0.3, -0.25) is 19.1 Å². The fourth-order valence-electron chi connectivity index (χ4n) is 6.11. The first-order valence-electron chi connectivity index (χ1n) is 14.3. The maximum atomic E-state index is 14.3. The summed E-state index contributed by atoms with van der Waals surface area (Å²) in [5.74, 6) is -0.513. The molecule has 1 saturated heterocycles. The van der Waals surface area contributed by atoms with E-state index in [0.29, 0.717) is 64.0 Å². The number of phenols is 1. The molecule has 6 rings (SSSR count). The van der Waals surface area contributed by atoms with Crippen LogP contribution in [-0.4, -0.2) is 55.7 Å². The van der Waals surface area contributed by atoms with Gasteiger partial charge in [0.15, 0.2) is 5.65 Å². The Hall–Kier alpha value is -4.35. The minimum Gasteiger partial charge on any atom is -0.508 e. The first kappa shape index (κ1) is 27.8. The summed E-state index contributed by atoms with van der Waals surface area (Å²) in [6.45, 7) is 2.34. The summed E-state index contributed by atoms with van der Waals surface area (Å²) in [5.41, 5.74) is 8.06. The third kappa shape index (κ3) is 5.45. The van der Waals surface area contributed by atoms with Crippen LogP contribution >= 0.6 is 0 Å². The van der Waals surface area contributed by atoms with E-state index in [1.165, 1.54) is 9.13 Å². The SMILES string of the molecule is N[C@H]1CC[C@@H](n2c(=O)c3cc(F)cnc3n(-c3cccc(-c4ccc(O)cc4CN4CCNC(=O)CC4)c3)c2=O)CC1. The Bertz CT molecular complexity index is 1780. The monoisotopic (exact) mass is 572 g/mol. The number of aromatic hydroxyl groups is 1. The number of halogens is 1. The van der Waals surface area contributed by atoms with Crippen molar-refractivity contribution in [2.75, 3.05) is 19.6 Å². The Morgan fingerprint density at radius 3 is 2.64 bits per heavy atom. The standard InChI is InChI=1S/C31H33FN6O4/c32-21-16-27-29(35-17-21)37(31(42)38(30(27)41)23-6-4-22(33)5-7-23)24-3-1-2-19(14-24)26-9-8-25(39)15-20(26)18-36-12-10-28(40)34-11-13-36/h1-3,8-9,14-17,22-23,39H,4-7,10-13,18,33H2,(H,34,40)/t22-,23+. The van der Waals surface area contributed by atoms with Gasteiger partial charge in [0.05, 0.1) is 17.3 Å². The zero-order valence-electron chi connectivity index (χ0n) is 23.1. The maximum absolute atomic E-state index is 14.3. The van der Waals surface area contributed by atoms with Crippen molar-refractivity contribution in [2.24, 2.45) is 5.73 Å². The second-order valence-electron chi connectivity index (χ2n) is 11.2. The van der Waals surface area contributed by atoms with E-state index in [9.17, 15) is 23.9 Å². The molecule has 1 saturated carbocycles. The van der Waals surface area contributed by atoms with Crippen LogP contribution in [0.5, 0.6) is 5.75 Å². The van der Waals surface area contributed by atoms with Crippen molar-refractivity contribution >= 4 is 16.9 Å². The van der Waals surface area contributed by atoms with Gasteiger partial charge in [0, 0.05) is 44.7 Å². The van der Waals surface area contributed by atoms with Crippen molar-refractivity contribution < 1.29 is 14.3 Å². The number of rotatable bonds is 5. The highest BCUT2D eigenvalue weighted by Crippen LogP contribution is 2.31. The Morgan fingerprint density at radius 2 is 1.83 bits per heavy atom. The molecule has 1 aliphatic heterocycles. The van der Waals surface area contributed by atoms with Crippen molar-refractivity contribution in [3.8, 4) is 22.6 Å². The molecule has 0 unspecified atom stereocenters. The van der Waals surface area contributed by atoms with Gasteiger partial charge in [0.1, 0.15) is 11.6 Å². The molecule has 2 aromatic carbocycles. The smallest absolute Gasteiger partial charge is 0.337 e. The summed E-state index contributed by atoms with van der Waals surface area (Å²) in [6, 6.07) is 13.3. The molecule has 4 aromatic rings. The fraction of sp³-hybridized carbons (Fsp3) is 0.355. The van der Waals surface area contributed by atoms with Crippen molar-refractivity contribution in [3.63, 3.8) is 0 Å². The third-order valence-electron chi connectivity index (χ3n) is 8.30. The summed E-state index contributed by atoms with van der Waals surface area (Å²) in [5, 5.41) is 13.2. The van der Waals surface area contributed by atoms with Crippen LogP contribution in [0.25, 0.3) is 27.8 Å². The van der Waals surface area contributed by atoms with Crippen LogP contribution in [0.2, 0.25) is 0 Å². The van der Waals surface area contributed by atoms with Crippen molar-refractivity contribution in [1.29, 1.82) is 0 Å². The molecular weight excluding hydrogens is 539 g/mol. The Balaban J connectivity index is 1.46. The number of aromatic nitrogens is 3. The molecule has 0 bridgehead atoms. The number of nitrogens with one attached hydrogen (secondary N) is 1. The van der Waals surface area contributed by atoms with Crippen LogP contribution in [0.1, 0.15) is 43.7 Å². The summed E-state index contributed by atoms with van der Waals surface area (Å²) < 4.78 is 16.9. The zero-order chi connectivity index (χ0) is 29.4. The van der Waals surface area contributed by atoms with Gasteiger partial charge in [-0.2, -0.15) is 0 Å². The maximum Gasteiger partial charge on any atom is 0.337 e. The van der Waals surface area contributed by atoms with Crippen molar-refractivity contribution in [2.45, 2.75) is 50.7 Å². The van der Waals surface area contributed by atoms with Gasteiger partial charge in [-0.1, -0.05) is 18.2 Å². The molecule has 0 atom stereocenters. The van der Waals surface area contributed by atoms with Gasteiger partial charge >= 0.3 is 5.69 Å². The zero-order valence-corrected chi connectivity index (χ0v) is 23.1. The van der Waals surface area contributed by atoms with E-state index in [1.54, 1.807) is 18.2 Å². The molecule has 42 heavy (non-hydrogen) atoms. The third-order valence-corrected chi connectivity index (χ3v) is 8.30. The minimum absolute atomic E-state index is 0.0184. The van der Waals surface area contributed by atoms with Gasteiger partial charge in [0.25, 0.3) is 5.56 Å². The second-order valence-corrected chi connectivity index (χ2v) is 11.2. The highest BCUT2D eigenvalue weighted by atomic mass is 19.1. The van der Waals surface area contributed by atoms with E-state index >= 15 is 0 Å². The second kappa shape index (κ2) is 11.5. The molecule has 0 spiro atoms. The molecule has 2 aliphatic rings. The molecular formula is C31H33FN6O4. The minimum atomic E-state index is -0.657. The van der Waals surface area contributed by atoms with E-state index < -0.39 is 17.1 Å². The fourth-order valence-corrected chi connectivity index (χ4v) is 6.11. The quantitative estimate of drug-likeness (QED) is 0.335. The number of phenolic OH excluding ortho intramolecular Hbond substituents is 1. The van der Waals surface area contributed by atoms with Crippen molar-refractivity contribution in [1.82, 2.24) is 24.3 Å². The Kier molecular flexibility index (Phi) is 7.61. The van der Waals surface area contributed by atoms with E-state index in [1.807, 2.05) is 24.3 Å². The number of pyridine rings is 1. The molecule has 218 valence electrons. The number of carbonyl (C=O) groups is 1. The normalized spacial score (nSPS) is 19.9. The first-order chi connectivity index (χ1) is 20.3. The lowest BCUT2D eigenvalue weighted by Crippen LogP contribution is -2.44. The van der Waals surface area contributed by atoms with Crippen LogP contribution in [-0.2, 0) is 11.3 Å². The summed E-state index contributed by atoms with van der Waals surface area (Å²) >= 11 is 0. The number of nitrogens with two attached hydrogens (primary N) is 1. The van der Waals surface area contributed by atoms with Gasteiger partial charge in [0.2, 0.25) is 5.91 Å². The summed E-state index contributed by atoms with van der Waals surface area (Å²) in [6.07, 6.45) is 3.95. The number of hydrogen-bond donors (Lipinski definition) is 3. The molecule has 1 aliphatic carbocycles. The molecule has 2 aromatic heterocycles. The molecule has 0 radical (unpaired) electrons. The molecule has 4 N–H and O–H groups in total. The molecule has 1 amide bonds. The number of benzene rings is 2. The Labute approximate surface area is 241 Å². The topological polar surface area (TPSA) is 135 Å². The Morgan fingerprint density at radius 1 is 1.02 bits per heavy atom. The number of fused-ring (bicyclic) bond motifs is 1. The van der Waals surface area contributed by atoms with Crippen LogP contribution < -0.4 is 22.3 Å². The molecule has 11 heteroatoms. The lowest BCUT2D eigenvalue weighted by atomic mass is 9.91. The number of hydrogen-bond acceptors (Lipinski definition) is 7. The molecule has 10 nitrogen and oxygen atoms in total. The largest absolute Gasteiger partial charge is 0.508 e. The van der Waals surface area contributed by atoms with Crippen LogP contribution in [0.15, 0.2) is 64.3 Å². The van der Waals surface area contributed by atoms with E-state index in [4.69, 9.17) is 5.73 Å². The van der Waals surface area contributed by atoms with Gasteiger partial charge in [-0.25, -0.2) is 18.7 Å². The number of carbonyl (C=O) groups excluding carboxylic acids is 1. The van der Waals surface area contributed by atoms with Gasteiger partial charge in [-0.05, 0) is 72.7 Å². The van der Waals surface area contributed by atoms with Gasteiger partial charge in [-0.15, -0.1) is 0 Å². The number of nitrogens with zero attached hydrogens (tertiary/aromatic N) is 4. The van der Waals surface area contributed by atoms with Crippen LogP contribution in [0.3, 0.4) is 0 Å². The summed E-state index contributed by atoms with van der Waals surface area (Å²) in [4.78, 5) is 45.7. The van der Waals surface area contributed by atoms with E-state index in [-0.39, 0.29) is 34.8 Å². The highest BCUT2D eigenvalue weighted by molar-refractivity contribution is 5.77. The predicted molar refractivity (Wildman–Crippen MR) is 157 cm³/mol. The van der Waals surface area contributed by atoms with Crippen LogP contribution in [0, 0.1) is 5.82 Å².